The lowest BCUT2D eigenvalue weighted by Crippen LogP contribution is -2.10. The van der Waals surface area contributed by atoms with Crippen LogP contribution >= 0.6 is 0 Å². The molecule has 0 fully saturated rings. The molecule has 0 aromatic rings. The van der Waals surface area contributed by atoms with Gasteiger partial charge in [0.2, 0.25) is 0 Å². The molecule has 19 heavy (non-hydrogen) atoms. The summed E-state index contributed by atoms with van der Waals surface area (Å²) in [5.74, 6) is 4.97. The molecule has 0 aromatic carbocycles. The first-order chi connectivity index (χ1) is 9.20. The fourth-order valence-corrected chi connectivity index (χ4v) is 1.96. The molecule has 0 aliphatic heterocycles. The van der Waals surface area contributed by atoms with Crippen LogP contribution in [0, 0.1) is 11.8 Å². The van der Waals surface area contributed by atoms with Crippen LogP contribution in [-0.4, -0.2) is 34.1 Å². The Hall–Kier alpha value is -0.560. The summed E-state index contributed by atoms with van der Waals surface area (Å²) in [6, 6.07) is 0. The van der Waals surface area contributed by atoms with E-state index in [0.717, 1.165) is 12.8 Å². The molecule has 0 aliphatic carbocycles. The third kappa shape index (κ3) is 13.7. The molecule has 3 N–H and O–H groups in total. The van der Waals surface area contributed by atoms with Gasteiger partial charge in [-0.3, -0.25) is 0 Å². The molecule has 0 heterocycles. The number of hydrogen-bond donors (Lipinski definition) is 3. The highest BCUT2D eigenvalue weighted by Gasteiger charge is 2.00. The van der Waals surface area contributed by atoms with Crippen molar-refractivity contribution in [1.29, 1.82) is 0 Å². The van der Waals surface area contributed by atoms with Crippen LogP contribution in [0.5, 0.6) is 0 Å². The van der Waals surface area contributed by atoms with Crippen molar-refractivity contribution in [2.75, 3.05) is 6.61 Å². The van der Waals surface area contributed by atoms with E-state index in [0.29, 0.717) is 6.42 Å². The monoisotopic (exact) mass is 270 g/mol. The van der Waals surface area contributed by atoms with Gasteiger partial charge in [0.05, 0.1) is 6.61 Å². The first-order valence-electron chi connectivity index (χ1n) is 7.68. The van der Waals surface area contributed by atoms with Crippen molar-refractivity contribution in [2.45, 2.75) is 83.3 Å². The lowest BCUT2D eigenvalue weighted by atomic mass is 10.1. The predicted molar refractivity (Wildman–Crippen MR) is 78.7 cm³/mol. The normalized spacial score (nSPS) is 13.7. The molecule has 0 saturated heterocycles. The van der Waals surface area contributed by atoms with Gasteiger partial charge in [0.1, 0.15) is 12.2 Å². The molecule has 3 nitrogen and oxygen atoms in total. The molecule has 2 atom stereocenters. The maximum Gasteiger partial charge on any atom is 0.137 e. The first-order valence-corrected chi connectivity index (χ1v) is 7.68. The maximum absolute atomic E-state index is 9.53. The van der Waals surface area contributed by atoms with Crippen LogP contribution in [-0.2, 0) is 0 Å². The summed E-state index contributed by atoms with van der Waals surface area (Å²) in [6.45, 7) is 1.85. The van der Waals surface area contributed by atoms with Gasteiger partial charge in [-0.15, -0.1) is 0 Å². The van der Waals surface area contributed by atoms with Gasteiger partial charge in [0.15, 0.2) is 0 Å². The standard InChI is InChI=1S/C16H30O3/c1-2-3-4-5-6-7-8-9-10-11-15(18)12-13-16(19)14-17/h15-19H,2-11,14H2,1H3. The minimum absolute atomic E-state index is 0.377. The number of hydrogen-bond acceptors (Lipinski definition) is 3. The van der Waals surface area contributed by atoms with Gasteiger partial charge in [-0.2, -0.15) is 0 Å². The molecular weight excluding hydrogens is 240 g/mol. The Morgan fingerprint density at radius 1 is 0.737 bits per heavy atom. The molecule has 3 heteroatoms. The van der Waals surface area contributed by atoms with E-state index < -0.39 is 12.2 Å². The fraction of sp³-hybridized carbons (Fsp3) is 0.875. The maximum atomic E-state index is 9.53. The molecule has 112 valence electrons. The van der Waals surface area contributed by atoms with Crippen LogP contribution in [0.25, 0.3) is 0 Å². The zero-order valence-electron chi connectivity index (χ0n) is 12.3. The van der Waals surface area contributed by atoms with Crippen LogP contribution in [0.15, 0.2) is 0 Å². The topological polar surface area (TPSA) is 60.7 Å². The summed E-state index contributed by atoms with van der Waals surface area (Å²) in [5, 5.41) is 27.1. The van der Waals surface area contributed by atoms with E-state index in [1.54, 1.807) is 0 Å². The molecular formula is C16H30O3. The molecule has 0 saturated carbocycles. The second-order valence-electron chi connectivity index (χ2n) is 5.12. The van der Waals surface area contributed by atoms with Gasteiger partial charge >= 0.3 is 0 Å². The van der Waals surface area contributed by atoms with Crippen molar-refractivity contribution < 1.29 is 15.3 Å². The fourth-order valence-electron chi connectivity index (χ4n) is 1.96. The van der Waals surface area contributed by atoms with E-state index >= 15 is 0 Å². The Balaban J connectivity index is 3.31. The van der Waals surface area contributed by atoms with Crippen LogP contribution in [0.3, 0.4) is 0 Å². The van der Waals surface area contributed by atoms with E-state index in [9.17, 15) is 5.11 Å². The Morgan fingerprint density at radius 3 is 1.74 bits per heavy atom. The van der Waals surface area contributed by atoms with E-state index in [1.807, 2.05) is 0 Å². The zero-order chi connectivity index (χ0) is 14.3. The Morgan fingerprint density at radius 2 is 1.21 bits per heavy atom. The summed E-state index contributed by atoms with van der Waals surface area (Å²) in [6.07, 6.45) is 10.2. The Bertz CT molecular complexity index is 242. The molecule has 0 bridgehead atoms. The van der Waals surface area contributed by atoms with E-state index in [1.165, 1.54) is 44.9 Å². The highest BCUT2D eigenvalue weighted by molar-refractivity contribution is 5.08. The smallest absolute Gasteiger partial charge is 0.137 e. The Labute approximate surface area is 118 Å². The molecule has 2 unspecified atom stereocenters. The SMILES string of the molecule is CCCCCCCCCCCC(O)C#CC(O)CO. The van der Waals surface area contributed by atoms with Crippen molar-refractivity contribution >= 4 is 0 Å². The van der Waals surface area contributed by atoms with Crippen molar-refractivity contribution in [2.24, 2.45) is 0 Å². The molecule has 0 rings (SSSR count). The quantitative estimate of drug-likeness (QED) is 0.399. The van der Waals surface area contributed by atoms with Crippen molar-refractivity contribution in [3.05, 3.63) is 0 Å². The summed E-state index contributed by atoms with van der Waals surface area (Å²) in [4.78, 5) is 0. The van der Waals surface area contributed by atoms with Crippen LogP contribution in [0.4, 0.5) is 0 Å². The van der Waals surface area contributed by atoms with Gasteiger partial charge in [-0.25, -0.2) is 0 Å². The number of rotatable bonds is 11. The first kappa shape index (κ1) is 18.4. The molecule has 0 amide bonds. The highest BCUT2D eigenvalue weighted by atomic mass is 16.3. The molecule has 0 spiro atoms. The minimum Gasteiger partial charge on any atom is -0.393 e. The molecule has 0 aliphatic rings. The Kier molecular flexibility index (Phi) is 13.5. The van der Waals surface area contributed by atoms with Crippen molar-refractivity contribution in [3.63, 3.8) is 0 Å². The summed E-state index contributed by atoms with van der Waals surface area (Å²) >= 11 is 0. The average molecular weight is 270 g/mol. The zero-order valence-corrected chi connectivity index (χ0v) is 12.3. The minimum atomic E-state index is -1.03. The predicted octanol–water partition coefficient (Wildman–Crippen LogP) is 2.62. The largest absolute Gasteiger partial charge is 0.393 e. The van der Waals surface area contributed by atoms with Gasteiger partial charge in [-0.05, 0) is 12.8 Å². The van der Waals surface area contributed by atoms with Gasteiger partial charge in [-0.1, -0.05) is 70.1 Å². The third-order valence-corrected chi connectivity index (χ3v) is 3.17. The molecule has 0 aromatic heterocycles. The third-order valence-electron chi connectivity index (χ3n) is 3.17. The van der Waals surface area contributed by atoms with E-state index in [2.05, 4.69) is 18.8 Å². The van der Waals surface area contributed by atoms with Crippen LogP contribution in [0.1, 0.15) is 71.1 Å². The summed E-state index contributed by atoms with van der Waals surface area (Å²) in [7, 11) is 0. The summed E-state index contributed by atoms with van der Waals surface area (Å²) < 4.78 is 0. The van der Waals surface area contributed by atoms with Crippen LogP contribution in [0.2, 0.25) is 0 Å². The number of aliphatic hydroxyl groups excluding tert-OH is 3. The number of aliphatic hydroxyl groups is 3. The van der Waals surface area contributed by atoms with Gasteiger partial charge < -0.3 is 15.3 Å². The number of unbranched alkanes of at least 4 members (excludes halogenated alkanes) is 8. The second-order valence-corrected chi connectivity index (χ2v) is 5.12. The van der Waals surface area contributed by atoms with Crippen molar-refractivity contribution in [3.8, 4) is 11.8 Å². The second kappa shape index (κ2) is 13.9. The highest BCUT2D eigenvalue weighted by Crippen LogP contribution is 2.11. The van der Waals surface area contributed by atoms with Gasteiger partial charge in [0.25, 0.3) is 0 Å². The lowest BCUT2D eigenvalue weighted by molar-refractivity contribution is 0.137. The van der Waals surface area contributed by atoms with Crippen LogP contribution < -0.4 is 0 Å². The average Bonchev–Trinajstić information content (AvgIpc) is 2.42. The van der Waals surface area contributed by atoms with Gasteiger partial charge in [0, 0.05) is 0 Å². The lowest BCUT2D eigenvalue weighted by Gasteiger charge is -2.04. The van der Waals surface area contributed by atoms with Crippen molar-refractivity contribution in [1.82, 2.24) is 0 Å². The van der Waals surface area contributed by atoms with E-state index in [4.69, 9.17) is 10.2 Å². The molecule has 0 radical (unpaired) electrons. The summed E-state index contributed by atoms with van der Waals surface area (Å²) in [5.41, 5.74) is 0. The van der Waals surface area contributed by atoms with E-state index in [-0.39, 0.29) is 6.61 Å².